The molecule has 0 fully saturated rings. The number of oxazole rings is 1. The van der Waals surface area contributed by atoms with Crippen LogP contribution in [0.4, 0.5) is 0 Å². The van der Waals surface area contributed by atoms with E-state index in [4.69, 9.17) is 4.42 Å². The van der Waals surface area contributed by atoms with Gasteiger partial charge < -0.3 is 9.40 Å². The van der Waals surface area contributed by atoms with Gasteiger partial charge in [-0.3, -0.25) is 4.57 Å². The van der Waals surface area contributed by atoms with Gasteiger partial charge in [-0.25, -0.2) is 9.59 Å². The molecule has 0 atom stereocenters. The molecule has 0 saturated heterocycles. The molecule has 19 heavy (non-hydrogen) atoms. The van der Waals surface area contributed by atoms with Gasteiger partial charge in [-0.05, 0) is 31.2 Å². The smallest absolute Gasteiger partial charge is 0.408 e. The minimum atomic E-state index is -0.415. The molecular weight excluding hydrogens is 246 g/mol. The number of rotatable bonds is 1. The Balaban J connectivity index is 2.28. The maximum Gasteiger partial charge on any atom is 0.419 e. The third-order valence-corrected chi connectivity index (χ3v) is 2.97. The summed E-state index contributed by atoms with van der Waals surface area (Å²) in [5, 5.41) is 0. The summed E-state index contributed by atoms with van der Waals surface area (Å²) in [6.07, 6.45) is 0. The molecule has 0 saturated carbocycles. The Labute approximate surface area is 107 Å². The van der Waals surface area contributed by atoms with Gasteiger partial charge in [0.15, 0.2) is 5.58 Å². The molecular formula is C13H11N3O3. The summed E-state index contributed by atoms with van der Waals surface area (Å²) in [7, 11) is 1.63. The monoisotopic (exact) mass is 257 g/mol. The van der Waals surface area contributed by atoms with Gasteiger partial charge in [0.2, 0.25) is 0 Å². The van der Waals surface area contributed by atoms with Crippen molar-refractivity contribution in [3.05, 3.63) is 51.0 Å². The first-order valence-electron chi connectivity index (χ1n) is 5.72. The molecule has 0 amide bonds. The molecule has 0 bridgehead atoms. The molecule has 2 aromatic heterocycles. The van der Waals surface area contributed by atoms with Crippen LogP contribution in [0.3, 0.4) is 0 Å². The van der Waals surface area contributed by atoms with Crippen LogP contribution in [0.15, 0.2) is 38.3 Å². The molecule has 96 valence electrons. The Morgan fingerprint density at radius 3 is 2.79 bits per heavy atom. The van der Waals surface area contributed by atoms with Gasteiger partial charge in [-0.1, -0.05) is 0 Å². The van der Waals surface area contributed by atoms with Crippen LogP contribution in [0.2, 0.25) is 0 Å². The van der Waals surface area contributed by atoms with Crippen molar-refractivity contribution in [2.45, 2.75) is 6.92 Å². The standard InChI is InChI=1S/C13H11N3O3/c1-7-5-9(15-12(17)14-7)8-3-4-11-10(6-8)16(2)13(18)19-11/h3-6H,1-2H3,(H,14,15,17). The highest BCUT2D eigenvalue weighted by Crippen LogP contribution is 2.21. The van der Waals surface area contributed by atoms with Crippen LogP contribution in [0.25, 0.3) is 22.4 Å². The Bertz CT molecular complexity index is 886. The fourth-order valence-corrected chi connectivity index (χ4v) is 2.01. The second kappa shape index (κ2) is 3.94. The molecule has 0 spiro atoms. The van der Waals surface area contributed by atoms with Crippen molar-refractivity contribution in [3.63, 3.8) is 0 Å². The van der Waals surface area contributed by atoms with Crippen molar-refractivity contribution >= 4 is 11.1 Å². The van der Waals surface area contributed by atoms with E-state index in [0.717, 1.165) is 11.3 Å². The molecule has 3 rings (SSSR count). The van der Waals surface area contributed by atoms with E-state index >= 15 is 0 Å². The first-order valence-corrected chi connectivity index (χ1v) is 5.72. The highest BCUT2D eigenvalue weighted by Gasteiger charge is 2.08. The summed E-state index contributed by atoms with van der Waals surface area (Å²) in [5.74, 6) is -0.415. The maximum absolute atomic E-state index is 11.4. The lowest BCUT2D eigenvalue weighted by Crippen LogP contribution is -2.12. The third kappa shape index (κ3) is 1.87. The average molecular weight is 257 g/mol. The number of nitrogens with zero attached hydrogens (tertiary/aromatic N) is 2. The second-order valence-corrected chi connectivity index (χ2v) is 4.36. The summed E-state index contributed by atoms with van der Waals surface area (Å²) < 4.78 is 6.47. The van der Waals surface area contributed by atoms with E-state index in [1.165, 1.54) is 4.57 Å². The highest BCUT2D eigenvalue weighted by atomic mass is 16.4. The zero-order valence-electron chi connectivity index (χ0n) is 10.4. The first kappa shape index (κ1) is 11.5. The van der Waals surface area contributed by atoms with E-state index in [0.29, 0.717) is 16.8 Å². The van der Waals surface area contributed by atoms with Gasteiger partial charge in [0.05, 0.1) is 11.2 Å². The molecule has 2 heterocycles. The number of aryl methyl sites for hydroxylation is 2. The van der Waals surface area contributed by atoms with Gasteiger partial charge >= 0.3 is 11.4 Å². The number of aromatic amines is 1. The molecule has 0 radical (unpaired) electrons. The van der Waals surface area contributed by atoms with Gasteiger partial charge in [0.1, 0.15) is 0 Å². The molecule has 3 aromatic rings. The van der Waals surface area contributed by atoms with E-state index in [1.54, 1.807) is 38.2 Å². The van der Waals surface area contributed by atoms with Crippen LogP contribution in [-0.4, -0.2) is 14.5 Å². The number of benzene rings is 1. The van der Waals surface area contributed by atoms with Crippen LogP contribution < -0.4 is 11.4 Å². The number of hydrogen-bond donors (Lipinski definition) is 1. The first-order chi connectivity index (χ1) is 9.04. The van der Waals surface area contributed by atoms with Crippen molar-refractivity contribution in [1.29, 1.82) is 0 Å². The zero-order valence-corrected chi connectivity index (χ0v) is 10.4. The maximum atomic E-state index is 11.4. The Morgan fingerprint density at radius 2 is 2.05 bits per heavy atom. The Morgan fingerprint density at radius 1 is 1.26 bits per heavy atom. The molecule has 6 nitrogen and oxygen atoms in total. The minimum Gasteiger partial charge on any atom is -0.408 e. The van der Waals surface area contributed by atoms with Gasteiger partial charge in [0.25, 0.3) is 0 Å². The zero-order chi connectivity index (χ0) is 13.6. The number of fused-ring (bicyclic) bond motifs is 1. The van der Waals surface area contributed by atoms with Gasteiger partial charge in [0, 0.05) is 18.3 Å². The lowest BCUT2D eigenvalue weighted by molar-refractivity contribution is 0.528. The fraction of sp³-hybridized carbons (Fsp3) is 0.154. The molecule has 1 aromatic carbocycles. The van der Waals surface area contributed by atoms with Gasteiger partial charge in [-0.15, -0.1) is 0 Å². The van der Waals surface area contributed by atoms with E-state index in [-0.39, 0.29) is 0 Å². The summed E-state index contributed by atoms with van der Waals surface area (Å²) in [6.45, 7) is 1.79. The SMILES string of the molecule is Cc1cc(-c2ccc3oc(=O)n(C)c3c2)nc(=O)[nH]1. The summed E-state index contributed by atoms with van der Waals surface area (Å²) in [4.78, 5) is 29.3. The largest absolute Gasteiger partial charge is 0.419 e. The van der Waals surface area contributed by atoms with E-state index in [1.807, 2.05) is 0 Å². The van der Waals surface area contributed by atoms with Crippen LogP contribution in [0.5, 0.6) is 0 Å². The van der Waals surface area contributed by atoms with Crippen LogP contribution in [-0.2, 0) is 7.05 Å². The number of hydrogen-bond acceptors (Lipinski definition) is 4. The molecule has 0 aliphatic rings. The fourth-order valence-electron chi connectivity index (χ4n) is 2.01. The van der Waals surface area contributed by atoms with Crippen molar-refractivity contribution < 1.29 is 4.42 Å². The summed E-state index contributed by atoms with van der Waals surface area (Å²) in [6, 6.07) is 7.03. The normalized spacial score (nSPS) is 11.1. The number of nitrogens with one attached hydrogen (secondary N) is 1. The van der Waals surface area contributed by atoms with Crippen molar-refractivity contribution in [2.75, 3.05) is 0 Å². The topological polar surface area (TPSA) is 80.9 Å². The summed E-state index contributed by atoms with van der Waals surface area (Å²) >= 11 is 0. The lowest BCUT2D eigenvalue weighted by atomic mass is 10.1. The van der Waals surface area contributed by atoms with Crippen LogP contribution in [0, 0.1) is 6.92 Å². The van der Waals surface area contributed by atoms with Crippen LogP contribution in [0.1, 0.15) is 5.69 Å². The molecule has 0 unspecified atom stereocenters. The number of aromatic nitrogens is 3. The number of H-pyrrole nitrogens is 1. The third-order valence-electron chi connectivity index (χ3n) is 2.97. The summed E-state index contributed by atoms with van der Waals surface area (Å²) in [5.41, 5.74) is 2.85. The molecule has 1 N–H and O–H groups in total. The van der Waals surface area contributed by atoms with Crippen molar-refractivity contribution in [2.24, 2.45) is 7.05 Å². The Kier molecular flexibility index (Phi) is 2.38. The van der Waals surface area contributed by atoms with E-state index < -0.39 is 11.4 Å². The van der Waals surface area contributed by atoms with Crippen molar-refractivity contribution in [1.82, 2.24) is 14.5 Å². The van der Waals surface area contributed by atoms with Gasteiger partial charge in [-0.2, -0.15) is 4.98 Å². The quantitative estimate of drug-likeness (QED) is 0.710. The molecule has 0 aliphatic carbocycles. The lowest BCUT2D eigenvalue weighted by Gasteiger charge is -2.01. The van der Waals surface area contributed by atoms with E-state index in [9.17, 15) is 9.59 Å². The highest BCUT2D eigenvalue weighted by molar-refractivity contribution is 5.79. The molecule has 0 aliphatic heterocycles. The predicted molar refractivity (Wildman–Crippen MR) is 70.0 cm³/mol. The predicted octanol–water partition coefficient (Wildman–Crippen LogP) is 1.19. The van der Waals surface area contributed by atoms with Crippen molar-refractivity contribution in [3.8, 4) is 11.3 Å². The average Bonchev–Trinajstić information content (AvgIpc) is 2.64. The second-order valence-electron chi connectivity index (χ2n) is 4.36. The Hall–Kier alpha value is -2.63. The molecule has 6 heteroatoms. The van der Waals surface area contributed by atoms with Crippen LogP contribution >= 0.6 is 0 Å². The van der Waals surface area contributed by atoms with E-state index in [2.05, 4.69) is 9.97 Å². The minimum absolute atomic E-state index is 0.392.